The molecule has 0 saturated heterocycles. The molecule has 110 valence electrons. The van der Waals surface area contributed by atoms with Gasteiger partial charge in [0.15, 0.2) is 0 Å². The molecule has 2 rings (SSSR count). The molecule has 3 heteroatoms. The van der Waals surface area contributed by atoms with Gasteiger partial charge in [-0.2, -0.15) is 0 Å². The van der Waals surface area contributed by atoms with E-state index in [0.29, 0.717) is 18.0 Å². The van der Waals surface area contributed by atoms with E-state index in [-0.39, 0.29) is 11.9 Å². The Labute approximate surface area is 121 Å². The molecule has 20 heavy (non-hydrogen) atoms. The average Bonchev–Trinajstić information content (AvgIpc) is 2.79. The predicted octanol–water partition coefficient (Wildman–Crippen LogP) is 3.11. The van der Waals surface area contributed by atoms with Crippen LogP contribution in [0.2, 0.25) is 0 Å². The second-order valence-corrected chi connectivity index (χ2v) is 6.50. The number of esters is 1. The zero-order valence-electron chi connectivity index (χ0n) is 12.7. The summed E-state index contributed by atoms with van der Waals surface area (Å²) in [5.74, 6) is -0.383. The standard InChI is InChI=1S/C17H25NO2/c1-17(2)10-9-14(11-17)18-12-15(16(19)20-3)13-7-5-4-6-8-13/h4-8,14-15,18H,9-12H2,1-3H3. The molecule has 1 N–H and O–H groups in total. The summed E-state index contributed by atoms with van der Waals surface area (Å²) >= 11 is 0. The first-order valence-corrected chi connectivity index (χ1v) is 7.38. The first-order valence-electron chi connectivity index (χ1n) is 7.38. The van der Waals surface area contributed by atoms with E-state index in [0.717, 1.165) is 5.56 Å². The fourth-order valence-corrected chi connectivity index (χ4v) is 3.06. The fraction of sp³-hybridized carbons (Fsp3) is 0.588. The van der Waals surface area contributed by atoms with Crippen LogP contribution >= 0.6 is 0 Å². The highest BCUT2D eigenvalue weighted by Crippen LogP contribution is 2.37. The Balaban J connectivity index is 1.97. The Hall–Kier alpha value is -1.35. The highest BCUT2D eigenvalue weighted by Gasteiger charge is 2.31. The Kier molecular flexibility index (Phi) is 4.81. The molecule has 2 unspecified atom stereocenters. The van der Waals surface area contributed by atoms with Crippen molar-refractivity contribution in [3.05, 3.63) is 35.9 Å². The van der Waals surface area contributed by atoms with Crippen LogP contribution in [0.5, 0.6) is 0 Å². The Morgan fingerprint density at radius 1 is 1.40 bits per heavy atom. The van der Waals surface area contributed by atoms with Crippen LogP contribution in [0.15, 0.2) is 30.3 Å². The monoisotopic (exact) mass is 275 g/mol. The lowest BCUT2D eigenvalue weighted by atomic mass is 9.91. The first kappa shape index (κ1) is 15.0. The average molecular weight is 275 g/mol. The maximum absolute atomic E-state index is 12.0. The summed E-state index contributed by atoms with van der Waals surface area (Å²) in [6, 6.07) is 10.4. The van der Waals surface area contributed by atoms with E-state index in [4.69, 9.17) is 4.74 Å². The van der Waals surface area contributed by atoms with Crippen LogP contribution in [0.4, 0.5) is 0 Å². The molecule has 2 atom stereocenters. The molecule has 1 aliphatic rings. The zero-order chi connectivity index (χ0) is 14.6. The number of carbonyl (C=O) groups excluding carboxylic acids is 1. The summed E-state index contributed by atoms with van der Waals surface area (Å²) in [7, 11) is 1.46. The molecule has 1 fully saturated rings. The third-order valence-electron chi connectivity index (χ3n) is 4.27. The van der Waals surface area contributed by atoms with Gasteiger partial charge in [-0.3, -0.25) is 4.79 Å². The minimum Gasteiger partial charge on any atom is -0.469 e. The maximum Gasteiger partial charge on any atom is 0.314 e. The predicted molar refractivity (Wildman–Crippen MR) is 80.6 cm³/mol. The summed E-state index contributed by atoms with van der Waals surface area (Å²) in [5.41, 5.74) is 1.44. The minimum atomic E-state index is -0.218. The van der Waals surface area contributed by atoms with E-state index in [9.17, 15) is 4.79 Å². The molecule has 0 heterocycles. The van der Waals surface area contributed by atoms with Gasteiger partial charge in [-0.25, -0.2) is 0 Å². The maximum atomic E-state index is 12.0. The topological polar surface area (TPSA) is 38.3 Å². The number of hydrogen-bond donors (Lipinski definition) is 1. The molecule has 0 aliphatic heterocycles. The summed E-state index contributed by atoms with van der Waals surface area (Å²) < 4.78 is 4.94. The van der Waals surface area contributed by atoms with E-state index in [1.807, 2.05) is 30.3 Å². The second kappa shape index (κ2) is 6.40. The highest BCUT2D eigenvalue weighted by atomic mass is 16.5. The van der Waals surface area contributed by atoms with Crippen molar-refractivity contribution in [2.75, 3.05) is 13.7 Å². The molecule has 1 aliphatic carbocycles. The van der Waals surface area contributed by atoms with Crippen molar-refractivity contribution < 1.29 is 9.53 Å². The summed E-state index contributed by atoms with van der Waals surface area (Å²) in [5, 5.41) is 3.55. The van der Waals surface area contributed by atoms with Gasteiger partial charge >= 0.3 is 5.97 Å². The SMILES string of the molecule is COC(=O)C(CNC1CCC(C)(C)C1)c1ccccc1. The third kappa shape index (κ3) is 3.83. The van der Waals surface area contributed by atoms with E-state index >= 15 is 0 Å². The van der Waals surface area contributed by atoms with E-state index in [1.165, 1.54) is 26.4 Å². The molecule has 0 spiro atoms. The number of rotatable bonds is 5. The molecule has 0 radical (unpaired) electrons. The highest BCUT2D eigenvalue weighted by molar-refractivity contribution is 5.78. The lowest BCUT2D eigenvalue weighted by molar-refractivity contribution is -0.142. The summed E-state index contributed by atoms with van der Waals surface area (Å²) in [6.45, 7) is 5.27. The van der Waals surface area contributed by atoms with Crippen molar-refractivity contribution in [3.8, 4) is 0 Å². The van der Waals surface area contributed by atoms with Gasteiger partial charge in [0.05, 0.1) is 13.0 Å². The van der Waals surface area contributed by atoms with Gasteiger partial charge in [0.25, 0.3) is 0 Å². The fourth-order valence-electron chi connectivity index (χ4n) is 3.06. The second-order valence-electron chi connectivity index (χ2n) is 6.50. The van der Waals surface area contributed by atoms with Crippen LogP contribution in [-0.4, -0.2) is 25.7 Å². The van der Waals surface area contributed by atoms with Crippen molar-refractivity contribution in [2.45, 2.75) is 45.1 Å². The molecule has 3 nitrogen and oxygen atoms in total. The van der Waals surface area contributed by atoms with E-state index in [1.54, 1.807) is 0 Å². The Bertz CT molecular complexity index is 442. The van der Waals surface area contributed by atoms with Gasteiger partial charge in [-0.05, 0) is 30.2 Å². The van der Waals surface area contributed by atoms with Crippen molar-refractivity contribution in [1.82, 2.24) is 5.32 Å². The van der Waals surface area contributed by atoms with Crippen LogP contribution in [0, 0.1) is 5.41 Å². The number of benzene rings is 1. The summed E-state index contributed by atoms with van der Waals surface area (Å²) in [4.78, 5) is 12.0. The van der Waals surface area contributed by atoms with Gasteiger partial charge in [-0.15, -0.1) is 0 Å². The van der Waals surface area contributed by atoms with E-state index < -0.39 is 0 Å². The largest absolute Gasteiger partial charge is 0.469 e. The van der Waals surface area contributed by atoms with Crippen LogP contribution in [-0.2, 0) is 9.53 Å². The van der Waals surface area contributed by atoms with Gasteiger partial charge in [-0.1, -0.05) is 44.2 Å². The lowest BCUT2D eigenvalue weighted by Gasteiger charge is -2.21. The molecular formula is C17H25NO2. The molecule has 0 bridgehead atoms. The van der Waals surface area contributed by atoms with E-state index in [2.05, 4.69) is 19.2 Å². The Morgan fingerprint density at radius 2 is 2.10 bits per heavy atom. The smallest absolute Gasteiger partial charge is 0.314 e. The minimum absolute atomic E-state index is 0.166. The van der Waals surface area contributed by atoms with Gasteiger partial charge in [0, 0.05) is 12.6 Å². The first-order chi connectivity index (χ1) is 9.52. The normalized spacial score (nSPS) is 22.4. The van der Waals surface area contributed by atoms with Crippen LogP contribution in [0.25, 0.3) is 0 Å². The van der Waals surface area contributed by atoms with Gasteiger partial charge in [0.2, 0.25) is 0 Å². The molecule has 0 amide bonds. The van der Waals surface area contributed by atoms with Gasteiger partial charge in [0.1, 0.15) is 0 Å². The number of ether oxygens (including phenoxy) is 1. The lowest BCUT2D eigenvalue weighted by Crippen LogP contribution is -2.34. The number of methoxy groups -OCH3 is 1. The van der Waals surface area contributed by atoms with Crippen LogP contribution in [0.3, 0.4) is 0 Å². The molecule has 1 aromatic rings. The number of hydrogen-bond acceptors (Lipinski definition) is 3. The summed E-state index contributed by atoms with van der Waals surface area (Å²) in [6.07, 6.45) is 3.62. The Morgan fingerprint density at radius 3 is 2.65 bits per heavy atom. The quantitative estimate of drug-likeness (QED) is 0.839. The van der Waals surface area contributed by atoms with Crippen molar-refractivity contribution >= 4 is 5.97 Å². The molecule has 1 saturated carbocycles. The molecular weight excluding hydrogens is 250 g/mol. The molecule has 1 aromatic carbocycles. The number of carbonyl (C=O) groups is 1. The number of nitrogens with one attached hydrogen (secondary N) is 1. The van der Waals surface area contributed by atoms with Crippen LogP contribution in [0.1, 0.15) is 44.6 Å². The third-order valence-corrected chi connectivity index (χ3v) is 4.27. The van der Waals surface area contributed by atoms with Crippen LogP contribution < -0.4 is 5.32 Å². The van der Waals surface area contributed by atoms with Gasteiger partial charge < -0.3 is 10.1 Å². The molecule has 0 aromatic heterocycles. The van der Waals surface area contributed by atoms with Crippen molar-refractivity contribution in [1.29, 1.82) is 0 Å². The zero-order valence-corrected chi connectivity index (χ0v) is 12.7. The van der Waals surface area contributed by atoms with Crippen molar-refractivity contribution in [2.24, 2.45) is 5.41 Å². The van der Waals surface area contributed by atoms with Crippen molar-refractivity contribution in [3.63, 3.8) is 0 Å².